The number of benzene rings is 6. The first-order valence-electron chi connectivity index (χ1n) is 15.7. The number of anilines is 6. The van der Waals surface area contributed by atoms with Gasteiger partial charge in [-0.2, -0.15) is 0 Å². The molecule has 0 radical (unpaired) electrons. The number of nitrogens with two attached hydrogens (primary N) is 2. The highest BCUT2D eigenvalue weighted by atomic mass is 15.1. The lowest BCUT2D eigenvalue weighted by molar-refractivity contribution is 0.459. The fraction of sp³-hybridized carbons (Fsp3) is 0.122. The third-order valence-electron chi connectivity index (χ3n) is 9.04. The second-order valence-corrected chi connectivity index (χ2v) is 11.6. The van der Waals surface area contributed by atoms with Crippen molar-refractivity contribution in [3.8, 4) is 11.1 Å². The van der Waals surface area contributed by atoms with Crippen molar-refractivity contribution in [3.05, 3.63) is 169 Å². The normalized spacial score (nSPS) is 12.8. The summed E-state index contributed by atoms with van der Waals surface area (Å²) in [6.07, 6.45) is 1.62. The molecule has 222 valence electrons. The van der Waals surface area contributed by atoms with E-state index in [1.807, 2.05) is 0 Å². The molecule has 4 N–H and O–H groups in total. The maximum atomic E-state index is 6.44. The van der Waals surface area contributed by atoms with Crippen LogP contribution >= 0.6 is 0 Å². The highest BCUT2D eigenvalue weighted by Gasteiger charge is 2.43. The molecule has 45 heavy (non-hydrogen) atoms. The number of nitrogens with zero attached hydrogens (tertiary/aromatic N) is 2. The zero-order valence-corrected chi connectivity index (χ0v) is 25.4. The second kappa shape index (κ2) is 12.4. The molecule has 0 atom stereocenters. The van der Waals surface area contributed by atoms with E-state index in [0.29, 0.717) is 13.1 Å². The first-order valence-corrected chi connectivity index (χ1v) is 15.7. The highest BCUT2D eigenvalue weighted by molar-refractivity contribution is 5.88. The molecule has 0 spiro atoms. The minimum absolute atomic E-state index is 0.307. The van der Waals surface area contributed by atoms with Gasteiger partial charge in [0.05, 0.1) is 0 Å². The molecule has 0 amide bonds. The quantitative estimate of drug-likeness (QED) is 0.168. The molecule has 6 aromatic rings. The van der Waals surface area contributed by atoms with Crippen LogP contribution < -0.4 is 21.3 Å². The summed E-state index contributed by atoms with van der Waals surface area (Å²) in [6, 6.07) is 56.1. The summed E-state index contributed by atoms with van der Waals surface area (Å²) in [7, 11) is 0. The van der Waals surface area contributed by atoms with Gasteiger partial charge in [-0.15, -0.1) is 0 Å². The van der Waals surface area contributed by atoms with Gasteiger partial charge < -0.3 is 21.3 Å². The highest BCUT2D eigenvalue weighted by Crippen LogP contribution is 2.55. The van der Waals surface area contributed by atoms with Gasteiger partial charge in [0.2, 0.25) is 0 Å². The van der Waals surface area contributed by atoms with E-state index in [4.69, 9.17) is 11.5 Å². The maximum Gasteiger partial charge on any atom is 0.0465 e. The largest absolute Gasteiger partial charge is 0.330 e. The Morgan fingerprint density at radius 1 is 0.378 bits per heavy atom. The topological polar surface area (TPSA) is 58.5 Å². The van der Waals surface area contributed by atoms with E-state index in [2.05, 4.69) is 168 Å². The van der Waals surface area contributed by atoms with Crippen LogP contribution in [0.25, 0.3) is 11.1 Å². The van der Waals surface area contributed by atoms with Crippen LogP contribution in [0.4, 0.5) is 34.1 Å². The fourth-order valence-electron chi connectivity index (χ4n) is 7.11. The van der Waals surface area contributed by atoms with E-state index in [-0.39, 0.29) is 5.41 Å². The summed E-state index contributed by atoms with van der Waals surface area (Å²) in [5, 5.41) is 0. The first kappa shape index (κ1) is 28.6. The maximum absolute atomic E-state index is 6.44. The predicted molar refractivity (Wildman–Crippen MR) is 189 cm³/mol. The summed E-state index contributed by atoms with van der Waals surface area (Å²) < 4.78 is 0. The van der Waals surface area contributed by atoms with Gasteiger partial charge in [0.25, 0.3) is 0 Å². The summed E-state index contributed by atoms with van der Waals surface area (Å²) in [5.41, 5.74) is 24.4. The van der Waals surface area contributed by atoms with Crippen LogP contribution in [-0.4, -0.2) is 13.1 Å². The summed E-state index contributed by atoms with van der Waals surface area (Å²) in [6.45, 7) is 1.13. The van der Waals surface area contributed by atoms with Crippen molar-refractivity contribution < 1.29 is 0 Å². The molecule has 4 heteroatoms. The van der Waals surface area contributed by atoms with Crippen LogP contribution in [0, 0.1) is 0 Å². The molecule has 0 heterocycles. The third-order valence-corrected chi connectivity index (χ3v) is 9.04. The van der Waals surface area contributed by atoms with Gasteiger partial charge in [-0.25, -0.2) is 0 Å². The Hall–Kier alpha value is -5.16. The molecular weight excluding hydrogens is 548 g/mol. The number of hydrogen-bond donors (Lipinski definition) is 2. The third kappa shape index (κ3) is 5.18. The lowest BCUT2D eigenvalue weighted by Gasteiger charge is -2.34. The van der Waals surface area contributed by atoms with Crippen molar-refractivity contribution in [1.82, 2.24) is 0 Å². The zero-order chi connectivity index (χ0) is 30.6. The molecule has 4 nitrogen and oxygen atoms in total. The molecule has 0 unspecified atom stereocenters. The van der Waals surface area contributed by atoms with Crippen LogP contribution in [0.1, 0.15) is 24.0 Å². The molecule has 1 aliphatic rings. The van der Waals surface area contributed by atoms with Crippen molar-refractivity contribution >= 4 is 34.1 Å². The minimum atomic E-state index is -0.307. The van der Waals surface area contributed by atoms with E-state index >= 15 is 0 Å². The van der Waals surface area contributed by atoms with Gasteiger partial charge in [0.1, 0.15) is 0 Å². The van der Waals surface area contributed by atoms with Gasteiger partial charge in [0.15, 0.2) is 0 Å². The van der Waals surface area contributed by atoms with Crippen LogP contribution in [0.15, 0.2) is 158 Å². The van der Waals surface area contributed by atoms with Crippen LogP contribution in [0.5, 0.6) is 0 Å². The van der Waals surface area contributed by atoms with Crippen molar-refractivity contribution in [1.29, 1.82) is 0 Å². The lowest BCUT2D eigenvalue weighted by Crippen LogP contribution is -2.31. The molecular formula is C41H38N4. The molecule has 0 fully saturated rings. The molecule has 0 aliphatic heterocycles. The molecule has 6 aromatic carbocycles. The lowest BCUT2D eigenvalue weighted by atomic mass is 9.72. The zero-order valence-electron chi connectivity index (χ0n) is 25.4. The number of fused-ring (bicyclic) bond motifs is 3. The molecule has 0 saturated carbocycles. The molecule has 0 bridgehead atoms. The van der Waals surface area contributed by atoms with E-state index < -0.39 is 0 Å². The van der Waals surface area contributed by atoms with E-state index in [0.717, 1.165) is 47.0 Å². The predicted octanol–water partition coefficient (Wildman–Crippen LogP) is 9.59. The Balaban J connectivity index is 1.41. The van der Waals surface area contributed by atoms with Gasteiger partial charge in [-0.05, 0) is 121 Å². The van der Waals surface area contributed by atoms with E-state index in [1.165, 1.54) is 22.3 Å². The summed E-state index contributed by atoms with van der Waals surface area (Å²) in [5.74, 6) is 0. The van der Waals surface area contributed by atoms with Gasteiger partial charge in [0, 0.05) is 39.5 Å². The van der Waals surface area contributed by atoms with Crippen LogP contribution in [-0.2, 0) is 5.41 Å². The summed E-state index contributed by atoms with van der Waals surface area (Å²) in [4.78, 5) is 4.66. The molecule has 1 aliphatic carbocycles. The van der Waals surface area contributed by atoms with Crippen LogP contribution in [0.2, 0.25) is 0 Å². The number of hydrogen-bond acceptors (Lipinski definition) is 4. The molecule has 7 rings (SSSR count). The van der Waals surface area contributed by atoms with E-state index in [1.54, 1.807) is 0 Å². The van der Waals surface area contributed by atoms with Crippen molar-refractivity contribution in [2.24, 2.45) is 11.5 Å². The molecule has 0 saturated heterocycles. The summed E-state index contributed by atoms with van der Waals surface area (Å²) >= 11 is 0. The minimum Gasteiger partial charge on any atom is -0.330 e. The Morgan fingerprint density at radius 2 is 0.689 bits per heavy atom. The van der Waals surface area contributed by atoms with Crippen molar-refractivity contribution in [3.63, 3.8) is 0 Å². The van der Waals surface area contributed by atoms with Crippen molar-refractivity contribution in [2.45, 2.75) is 18.3 Å². The van der Waals surface area contributed by atoms with Gasteiger partial charge in [-0.1, -0.05) is 84.9 Å². The number of rotatable bonds is 10. The Labute approximate surface area is 266 Å². The Bertz CT molecular complexity index is 1650. The van der Waals surface area contributed by atoms with Gasteiger partial charge >= 0.3 is 0 Å². The first-order chi connectivity index (χ1) is 22.2. The van der Waals surface area contributed by atoms with E-state index in [9.17, 15) is 0 Å². The average Bonchev–Trinajstić information content (AvgIpc) is 3.35. The standard InChI is InChI=1S/C41H38N4/c42-27-25-41(26-28-43)39-29-35(44(31-13-5-1-6-14-31)32-15-7-2-8-16-32)21-23-37(39)38-24-22-36(30-40(38)41)45(33-17-9-3-10-18-33)34-19-11-4-12-20-34/h1-24,29-30H,25-28,42-43H2. The number of para-hydroxylation sites is 4. The van der Waals surface area contributed by atoms with Crippen LogP contribution in [0.3, 0.4) is 0 Å². The van der Waals surface area contributed by atoms with Crippen molar-refractivity contribution in [2.75, 3.05) is 22.9 Å². The smallest absolute Gasteiger partial charge is 0.0465 e. The second-order valence-electron chi connectivity index (χ2n) is 11.6. The monoisotopic (exact) mass is 586 g/mol. The van der Waals surface area contributed by atoms with Gasteiger partial charge in [-0.3, -0.25) is 0 Å². The average molecular weight is 587 g/mol. The molecule has 0 aromatic heterocycles. The fourth-order valence-corrected chi connectivity index (χ4v) is 7.11. The Morgan fingerprint density at radius 3 is 0.978 bits per heavy atom. The Kier molecular flexibility index (Phi) is 7.91. The SMILES string of the molecule is NCCC1(CCN)c2cc(N(c3ccccc3)c3ccccc3)ccc2-c2ccc(N(c3ccccc3)c3ccccc3)cc21.